The van der Waals surface area contributed by atoms with E-state index < -0.39 is 24.7 Å². The fraction of sp³-hybridized carbons (Fsp3) is 0.182. The third-order valence-electron chi connectivity index (χ3n) is 2.32. The molecule has 1 aliphatic heterocycles. The van der Waals surface area contributed by atoms with Crippen LogP contribution in [0.5, 0.6) is 0 Å². The molecule has 0 bridgehead atoms. The molecule has 0 spiro atoms. The second-order valence-electron chi connectivity index (χ2n) is 3.78. The molecule has 8 heteroatoms. The Morgan fingerprint density at radius 3 is 2.47 bits per heavy atom. The van der Waals surface area contributed by atoms with Crippen molar-refractivity contribution in [1.29, 1.82) is 0 Å². The van der Waals surface area contributed by atoms with Crippen LogP contribution < -0.4 is 5.32 Å². The van der Waals surface area contributed by atoms with Gasteiger partial charge in [-0.25, -0.2) is 9.69 Å². The van der Waals surface area contributed by atoms with Crippen LogP contribution in [0.15, 0.2) is 30.2 Å². The van der Waals surface area contributed by atoms with Crippen molar-refractivity contribution in [3.63, 3.8) is 0 Å². The first kappa shape index (κ1) is 13.1. The number of nitrogens with one attached hydrogen (secondary N) is 1. The van der Waals surface area contributed by atoms with Crippen molar-refractivity contribution < 1.29 is 22.8 Å². The summed E-state index contributed by atoms with van der Waals surface area (Å²) in [6, 6.07) is 2.03. The monoisotopic (exact) mass is 271 g/mol. The average molecular weight is 271 g/mol. The minimum Gasteiger partial charge on any atom is -0.303 e. The van der Waals surface area contributed by atoms with Gasteiger partial charge in [0.25, 0.3) is 5.91 Å². The van der Waals surface area contributed by atoms with Gasteiger partial charge < -0.3 is 5.32 Å². The van der Waals surface area contributed by atoms with Crippen LogP contribution in [0.1, 0.15) is 5.56 Å². The van der Waals surface area contributed by atoms with Gasteiger partial charge in [-0.15, -0.1) is 0 Å². The van der Waals surface area contributed by atoms with Crippen molar-refractivity contribution >= 4 is 18.0 Å². The number of halogens is 3. The average Bonchev–Trinajstić information content (AvgIpc) is 2.57. The molecule has 1 fully saturated rings. The molecule has 1 aliphatic rings. The molecule has 1 aromatic rings. The summed E-state index contributed by atoms with van der Waals surface area (Å²) in [6.45, 7) is -1.61. The van der Waals surface area contributed by atoms with Crippen LogP contribution in [0.3, 0.4) is 0 Å². The maximum Gasteiger partial charge on any atom is 0.406 e. The summed E-state index contributed by atoms with van der Waals surface area (Å²) in [7, 11) is 0. The van der Waals surface area contributed by atoms with Gasteiger partial charge in [-0.05, 0) is 23.8 Å². The smallest absolute Gasteiger partial charge is 0.303 e. The van der Waals surface area contributed by atoms with E-state index in [1.54, 1.807) is 12.1 Å². The molecule has 3 amide bonds. The molecule has 0 saturated carbocycles. The largest absolute Gasteiger partial charge is 0.406 e. The number of hydrogen-bond acceptors (Lipinski definition) is 3. The van der Waals surface area contributed by atoms with Gasteiger partial charge in [0.2, 0.25) is 0 Å². The summed E-state index contributed by atoms with van der Waals surface area (Å²) in [6.07, 6.45) is -0.417. The Labute approximate surface area is 105 Å². The van der Waals surface area contributed by atoms with Gasteiger partial charge in [-0.2, -0.15) is 13.2 Å². The van der Waals surface area contributed by atoms with Crippen molar-refractivity contribution in [2.24, 2.45) is 0 Å². The van der Waals surface area contributed by atoms with Crippen molar-refractivity contribution in [2.45, 2.75) is 6.18 Å². The van der Waals surface area contributed by atoms with Crippen molar-refractivity contribution in [2.75, 3.05) is 6.54 Å². The number of pyridine rings is 1. The molecule has 1 saturated heterocycles. The highest BCUT2D eigenvalue weighted by Crippen LogP contribution is 2.21. The second kappa shape index (κ2) is 4.71. The summed E-state index contributed by atoms with van der Waals surface area (Å²) < 4.78 is 36.6. The Balaban J connectivity index is 2.21. The molecular formula is C11H8F3N3O2. The summed E-state index contributed by atoms with van der Waals surface area (Å²) in [5.41, 5.74) is 0.355. The molecular weight excluding hydrogens is 263 g/mol. The third-order valence-corrected chi connectivity index (χ3v) is 2.32. The molecule has 5 nitrogen and oxygen atoms in total. The number of imide groups is 1. The number of rotatable bonds is 2. The lowest BCUT2D eigenvalue weighted by Gasteiger charge is -2.13. The van der Waals surface area contributed by atoms with Crippen LogP contribution in [-0.4, -0.2) is 34.5 Å². The SMILES string of the molecule is O=C1N/C(=C\c2ccncc2)C(=O)N1CC(F)(F)F. The Kier molecular flexibility index (Phi) is 3.24. The molecule has 2 heterocycles. The van der Waals surface area contributed by atoms with Crippen LogP contribution in [0.2, 0.25) is 0 Å². The van der Waals surface area contributed by atoms with Crippen LogP contribution in [0, 0.1) is 0 Å². The van der Waals surface area contributed by atoms with Gasteiger partial charge in [0.05, 0.1) is 0 Å². The predicted octanol–water partition coefficient (Wildman–Crippen LogP) is 1.54. The highest BCUT2D eigenvalue weighted by Gasteiger charge is 2.41. The Morgan fingerprint density at radius 1 is 1.26 bits per heavy atom. The van der Waals surface area contributed by atoms with E-state index in [0.717, 1.165) is 0 Å². The van der Waals surface area contributed by atoms with Gasteiger partial charge in [-0.1, -0.05) is 0 Å². The molecule has 0 aromatic carbocycles. The number of hydrogen-bond donors (Lipinski definition) is 1. The first-order chi connectivity index (χ1) is 8.87. The van der Waals surface area contributed by atoms with Crippen molar-refractivity contribution in [3.8, 4) is 0 Å². The topological polar surface area (TPSA) is 62.3 Å². The Bertz CT molecular complexity index is 540. The van der Waals surface area contributed by atoms with Crippen LogP contribution >= 0.6 is 0 Å². The first-order valence-electron chi connectivity index (χ1n) is 5.18. The van der Waals surface area contributed by atoms with Crippen molar-refractivity contribution in [1.82, 2.24) is 15.2 Å². The molecule has 2 rings (SSSR count). The quantitative estimate of drug-likeness (QED) is 0.655. The number of urea groups is 1. The highest BCUT2D eigenvalue weighted by atomic mass is 19.4. The number of carbonyl (C=O) groups excluding carboxylic acids is 2. The van der Waals surface area contributed by atoms with E-state index in [-0.39, 0.29) is 10.6 Å². The van der Waals surface area contributed by atoms with E-state index in [1.807, 2.05) is 0 Å². The van der Waals surface area contributed by atoms with E-state index in [9.17, 15) is 22.8 Å². The van der Waals surface area contributed by atoms with E-state index in [4.69, 9.17) is 0 Å². The van der Waals surface area contributed by atoms with E-state index in [0.29, 0.717) is 5.56 Å². The predicted molar refractivity (Wildman–Crippen MR) is 58.5 cm³/mol. The summed E-state index contributed by atoms with van der Waals surface area (Å²) in [5.74, 6) is -1.00. The van der Waals surface area contributed by atoms with Crippen LogP contribution in [0.25, 0.3) is 6.08 Å². The number of carbonyl (C=O) groups is 2. The molecule has 100 valence electrons. The van der Waals surface area contributed by atoms with Crippen LogP contribution in [-0.2, 0) is 4.79 Å². The molecule has 0 aliphatic carbocycles. The normalized spacial score (nSPS) is 18.1. The van der Waals surface area contributed by atoms with Gasteiger partial charge in [0.1, 0.15) is 12.2 Å². The number of nitrogens with zero attached hydrogens (tertiary/aromatic N) is 2. The van der Waals surface area contributed by atoms with Crippen LogP contribution in [0.4, 0.5) is 18.0 Å². The van der Waals surface area contributed by atoms with E-state index in [1.165, 1.54) is 18.5 Å². The standard InChI is InChI=1S/C11H8F3N3O2/c12-11(13,14)6-17-9(18)8(16-10(17)19)5-7-1-3-15-4-2-7/h1-5H,6H2,(H,16,19)/b8-5-. The maximum atomic E-state index is 12.2. The molecule has 1 N–H and O–H groups in total. The molecule has 19 heavy (non-hydrogen) atoms. The van der Waals surface area contributed by atoms with Gasteiger partial charge in [0.15, 0.2) is 0 Å². The molecule has 0 atom stereocenters. The van der Waals surface area contributed by atoms with E-state index >= 15 is 0 Å². The Morgan fingerprint density at radius 2 is 1.89 bits per heavy atom. The number of amides is 3. The third kappa shape index (κ3) is 3.09. The Hall–Kier alpha value is -2.38. The minimum atomic E-state index is -4.63. The summed E-state index contributed by atoms with van der Waals surface area (Å²) in [4.78, 5) is 26.8. The highest BCUT2D eigenvalue weighted by molar-refractivity contribution is 6.13. The van der Waals surface area contributed by atoms with Gasteiger partial charge >= 0.3 is 12.2 Å². The molecule has 0 radical (unpaired) electrons. The zero-order valence-electron chi connectivity index (χ0n) is 9.44. The maximum absolute atomic E-state index is 12.2. The molecule has 0 unspecified atom stereocenters. The lowest BCUT2D eigenvalue weighted by Crippen LogP contribution is -2.38. The minimum absolute atomic E-state index is 0.118. The fourth-order valence-electron chi connectivity index (χ4n) is 1.52. The molecule has 1 aromatic heterocycles. The lowest BCUT2D eigenvalue weighted by molar-refractivity contribution is -0.150. The fourth-order valence-corrected chi connectivity index (χ4v) is 1.52. The van der Waals surface area contributed by atoms with Gasteiger partial charge in [-0.3, -0.25) is 9.78 Å². The van der Waals surface area contributed by atoms with E-state index in [2.05, 4.69) is 10.3 Å². The zero-order valence-corrected chi connectivity index (χ0v) is 9.44. The van der Waals surface area contributed by atoms with Crippen molar-refractivity contribution in [3.05, 3.63) is 35.8 Å². The number of alkyl halides is 3. The zero-order chi connectivity index (χ0) is 14.0. The summed E-state index contributed by atoms with van der Waals surface area (Å²) in [5, 5.41) is 2.10. The number of aromatic nitrogens is 1. The first-order valence-corrected chi connectivity index (χ1v) is 5.18. The second-order valence-corrected chi connectivity index (χ2v) is 3.78. The van der Waals surface area contributed by atoms with Gasteiger partial charge in [0, 0.05) is 12.4 Å². The lowest BCUT2D eigenvalue weighted by atomic mass is 10.2. The summed E-state index contributed by atoms with van der Waals surface area (Å²) >= 11 is 0.